The Hall–Kier alpha value is -1.91. The van der Waals surface area contributed by atoms with Crippen LogP contribution in [0.1, 0.15) is 23.1 Å². The molecule has 0 atom stereocenters. The fraction of sp³-hybridized carbons (Fsp3) is 0.273. The van der Waals surface area contributed by atoms with Crippen LogP contribution in [-0.4, -0.2) is 22.0 Å². The van der Waals surface area contributed by atoms with Gasteiger partial charge in [0.1, 0.15) is 5.65 Å². The highest BCUT2D eigenvalue weighted by Gasteiger charge is 2.19. The minimum atomic E-state index is -0.558. The number of carbonyl (C=O) groups is 1. The van der Waals surface area contributed by atoms with Crippen molar-refractivity contribution >= 4 is 11.6 Å². The number of halogens is 1. The van der Waals surface area contributed by atoms with Gasteiger partial charge in [-0.2, -0.15) is 4.39 Å². The summed E-state index contributed by atoms with van der Waals surface area (Å²) in [6, 6.07) is 4.46. The van der Waals surface area contributed by atoms with Crippen molar-refractivity contribution in [2.24, 2.45) is 0 Å². The summed E-state index contributed by atoms with van der Waals surface area (Å²) < 4.78 is 19.6. The molecule has 0 saturated carbocycles. The molecule has 2 rings (SSSR count). The minimum absolute atomic E-state index is 0.148. The Bertz CT molecular complexity index is 548. The molecular formula is C11H11FN2O2. The van der Waals surface area contributed by atoms with Gasteiger partial charge in [0, 0.05) is 0 Å². The van der Waals surface area contributed by atoms with Crippen molar-refractivity contribution in [3.63, 3.8) is 0 Å². The predicted octanol–water partition coefficient (Wildman–Crippen LogP) is 1.96. The molecule has 0 N–H and O–H groups in total. The van der Waals surface area contributed by atoms with Gasteiger partial charge in [0.2, 0.25) is 0 Å². The number of ether oxygens (including phenoxy) is 1. The Morgan fingerprint density at radius 2 is 2.31 bits per heavy atom. The van der Waals surface area contributed by atoms with Gasteiger partial charge in [0.15, 0.2) is 11.6 Å². The lowest BCUT2D eigenvalue weighted by molar-refractivity contribution is 0.0515. The number of carbonyl (C=O) groups excluding carboxylic acids is 1. The van der Waals surface area contributed by atoms with Crippen molar-refractivity contribution in [1.29, 1.82) is 0 Å². The molecule has 0 radical (unpaired) electrons. The van der Waals surface area contributed by atoms with E-state index in [2.05, 4.69) is 4.98 Å². The second kappa shape index (κ2) is 3.92. The molecule has 0 bridgehead atoms. The number of fused-ring (bicyclic) bond motifs is 1. The van der Waals surface area contributed by atoms with Crippen LogP contribution < -0.4 is 0 Å². The third-order valence-electron chi connectivity index (χ3n) is 2.24. The predicted molar refractivity (Wildman–Crippen MR) is 55.8 cm³/mol. The molecular weight excluding hydrogens is 211 g/mol. The van der Waals surface area contributed by atoms with Crippen LogP contribution in [0.25, 0.3) is 5.65 Å². The van der Waals surface area contributed by atoms with Gasteiger partial charge < -0.3 is 4.74 Å². The first kappa shape index (κ1) is 10.6. The van der Waals surface area contributed by atoms with Gasteiger partial charge in [-0.25, -0.2) is 9.78 Å². The molecule has 0 aliphatic rings. The number of nitrogens with zero attached hydrogens (tertiary/aromatic N) is 2. The molecule has 2 aromatic heterocycles. The number of hydrogen-bond donors (Lipinski definition) is 0. The standard InChI is InChI=1S/C11H11FN2O2/c1-3-16-11(15)10-7(2)13-9-6-4-5-8(12)14(9)10/h4-6H,3H2,1-2H3. The molecule has 0 spiro atoms. The molecule has 16 heavy (non-hydrogen) atoms. The van der Waals surface area contributed by atoms with Crippen molar-refractivity contribution in [3.05, 3.63) is 35.5 Å². The van der Waals surface area contributed by atoms with Crippen LogP contribution >= 0.6 is 0 Å². The van der Waals surface area contributed by atoms with Gasteiger partial charge in [-0.05, 0) is 26.0 Å². The van der Waals surface area contributed by atoms with E-state index in [-0.39, 0.29) is 12.3 Å². The fourth-order valence-corrected chi connectivity index (χ4v) is 1.61. The third-order valence-corrected chi connectivity index (χ3v) is 2.24. The van der Waals surface area contributed by atoms with Crippen LogP contribution in [0.15, 0.2) is 18.2 Å². The van der Waals surface area contributed by atoms with E-state index in [1.807, 2.05) is 0 Å². The highest BCUT2D eigenvalue weighted by Crippen LogP contribution is 2.15. The van der Waals surface area contributed by atoms with Crippen molar-refractivity contribution < 1.29 is 13.9 Å². The Balaban J connectivity index is 2.68. The summed E-state index contributed by atoms with van der Waals surface area (Å²) in [5.41, 5.74) is 1.01. The second-order valence-electron chi connectivity index (χ2n) is 3.31. The highest BCUT2D eigenvalue weighted by molar-refractivity contribution is 5.90. The van der Waals surface area contributed by atoms with Crippen LogP contribution in [0.4, 0.5) is 4.39 Å². The summed E-state index contributed by atoms with van der Waals surface area (Å²) in [5.74, 6) is -1.08. The van der Waals surface area contributed by atoms with Gasteiger partial charge >= 0.3 is 5.97 Å². The normalized spacial score (nSPS) is 10.7. The molecule has 0 aliphatic carbocycles. The van der Waals surface area contributed by atoms with Crippen LogP contribution in [-0.2, 0) is 4.74 Å². The van der Waals surface area contributed by atoms with Crippen molar-refractivity contribution in [2.45, 2.75) is 13.8 Å². The molecule has 2 aromatic rings. The summed E-state index contributed by atoms with van der Waals surface area (Å²) in [7, 11) is 0. The van der Waals surface area contributed by atoms with E-state index in [4.69, 9.17) is 4.74 Å². The van der Waals surface area contributed by atoms with E-state index < -0.39 is 11.9 Å². The Kier molecular flexibility index (Phi) is 2.60. The smallest absolute Gasteiger partial charge is 0.357 e. The zero-order chi connectivity index (χ0) is 11.7. The van der Waals surface area contributed by atoms with Crippen molar-refractivity contribution in [1.82, 2.24) is 9.38 Å². The first-order chi connectivity index (χ1) is 7.65. The maximum Gasteiger partial charge on any atom is 0.357 e. The SMILES string of the molecule is CCOC(=O)c1c(C)nc2cccc(F)n12. The van der Waals surface area contributed by atoms with E-state index in [9.17, 15) is 9.18 Å². The zero-order valence-electron chi connectivity index (χ0n) is 9.03. The average molecular weight is 222 g/mol. The first-order valence-electron chi connectivity index (χ1n) is 4.96. The molecule has 4 nitrogen and oxygen atoms in total. The molecule has 0 unspecified atom stereocenters. The fourth-order valence-electron chi connectivity index (χ4n) is 1.61. The number of imidazole rings is 1. The third kappa shape index (κ3) is 1.54. The first-order valence-corrected chi connectivity index (χ1v) is 4.96. The Labute approximate surface area is 91.7 Å². The molecule has 2 heterocycles. The highest BCUT2D eigenvalue weighted by atomic mass is 19.1. The van der Waals surface area contributed by atoms with E-state index in [0.29, 0.717) is 11.3 Å². The van der Waals surface area contributed by atoms with Gasteiger partial charge in [0.25, 0.3) is 0 Å². The molecule has 0 aliphatic heterocycles. The van der Waals surface area contributed by atoms with Crippen LogP contribution in [0.3, 0.4) is 0 Å². The molecule has 0 amide bonds. The second-order valence-corrected chi connectivity index (χ2v) is 3.31. The van der Waals surface area contributed by atoms with Crippen molar-refractivity contribution in [2.75, 3.05) is 6.61 Å². The monoisotopic (exact) mass is 222 g/mol. The Morgan fingerprint density at radius 3 is 3.00 bits per heavy atom. The lowest BCUT2D eigenvalue weighted by atomic mass is 10.3. The summed E-state index contributed by atoms with van der Waals surface area (Å²) in [6.45, 7) is 3.60. The van der Waals surface area contributed by atoms with Gasteiger partial charge in [0.05, 0.1) is 12.3 Å². The van der Waals surface area contributed by atoms with E-state index in [1.54, 1.807) is 26.0 Å². The largest absolute Gasteiger partial charge is 0.461 e. The summed E-state index contributed by atoms with van der Waals surface area (Å²) >= 11 is 0. The van der Waals surface area contributed by atoms with E-state index >= 15 is 0 Å². The van der Waals surface area contributed by atoms with Crippen LogP contribution in [0.5, 0.6) is 0 Å². The molecule has 0 saturated heterocycles. The van der Waals surface area contributed by atoms with Crippen LogP contribution in [0, 0.1) is 12.9 Å². The number of rotatable bonds is 2. The number of hydrogen-bond acceptors (Lipinski definition) is 3. The molecule has 0 aromatic carbocycles. The summed E-state index contributed by atoms with van der Waals surface area (Å²) in [6.07, 6.45) is 0. The number of pyridine rings is 1. The Morgan fingerprint density at radius 1 is 1.56 bits per heavy atom. The van der Waals surface area contributed by atoms with E-state index in [1.165, 1.54) is 6.07 Å². The summed E-state index contributed by atoms with van der Waals surface area (Å²) in [4.78, 5) is 15.7. The van der Waals surface area contributed by atoms with Crippen LogP contribution in [0.2, 0.25) is 0 Å². The number of aromatic nitrogens is 2. The lowest BCUT2D eigenvalue weighted by Gasteiger charge is -2.03. The molecule has 0 fully saturated rings. The number of aryl methyl sites for hydroxylation is 1. The molecule has 84 valence electrons. The van der Waals surface area contributed by atoms with E-state index in [0.717, 1.165) is 4.40 Å². The maximum absolute atomic E-state index is 13.6. The lowest BCUT2D eigenvalue weighted by Crippen LogP contribution is -2.11. The number of esters is 1. The summed E-state index contributed by atoms with van der Waals surface area (Å²) in [5, 5.41) is 0. The van der Waals surface area contributed by atoms with Crippen molar-refractivity contribution in [3.8, 4) is 0 Å². The quantitative estimate of drug-likeness (QED) is 0.576. The zero-order valence-corrected chi connectivity index (χ0v) is 9.03. The average Bonchev–Trinajstić information content (AvgIpc) is 2.56. The molecule has 5 heteroatoms. The minimum Gasteiger partial charge on any atom is -0.461 e. The van der Waals surface area contributed by atoms with Gasteiger partial charge in [-0.15, -0.1) is 0 Å². The maximum atomic E-state index is 13.6. The van der Waals surface area contributed by atoms with Gasteiger partial charge in [-0.3, -0.25) is 4.40 Å². The van der Waals surface area contributed by atoms with Gasteiger partial charge in [-0.1, -0.05) is 6.07 Å². The topological polar surface area (TPSA) is 43.6 Å².